The third-order valence-electron chi connectivity index (χ3n) is 21.2. The third-order valence-corrected chi connectivity index (χ3v) is 21.2. The van der Waals surface area contributed by atoms with Gasteiger partial charge < -0.3 is 69.6 Å². The van der Waals surface area contributed by atoms with Crippen LogP contribution in [0.3, 0.4) is 0 Å². The molecule has 8 rings (SSSR count). The zero-order chi connectivity index (χ0) is 79.6. The molecule has 0 aromatic rings. The topological polar surface area (TPSA) is 228 Å². The van der Waals surface area contributed by atoms with Crippen LogP contribution in [-0.2, 0) is 23.7 Å². The molecule has 0 amide bonds. The molecule has 14 nitrogen and oxygen atoms in total. The van der Waals surface area contributed by atoms with Crippen molar-refractivity contribution in [3.63, 3.8) is 0 Å². The Hall–Kier alpha value is -0.560. The highest BCUT2D eigenvalue weighted by Gasteiger charge is 2.44. The van der Waals surface area contributed by atoms with Crippen molar-refractivity contribution >= 4 is 0 Å². The van der Waals surface area contributed by atoms with Crippen LogP contribution >= 0.6 is 0 Å². The highest BCUT2D eigenvalue weighted by Crippen LogP contribution is 2.51. The fourth-order valence-corrected chi connectivity index (χ4v) is 11.1. The quantitative estimate of drug-likeness (QED) is 0.0521. The molecule has 9 N–H and O–H groups in total. The van der Waals surface area contributed by atoms with Gasteiger partial charge in [-0.1, -0.05) is 201 Å². The predicted molar refractivity (Wildman–Crippen MR) is 431 cm³/mol. The summed E-state index contributed by atoms with van der Waals surface area (Å²) in [4.78, 5) is 0. The first kappa shape index (κ1) is 109. The molecule has 5 heterocycles. The first-order valence-electron chi connectivity index (χ1n) is 41.3. The molecular formula is C87H184O14. The Labute approximate surface area is 629 Å². The van der Waals surface area contributed by atoms with Crippen LogP contribution in [0.1, 0.15) is 318 Å². The van der Waals surface area contributed by atoms with Gasteiger partial charge in [0, 0.05) is 70.6 Å². The molecule has 0 spiro atoms. The molecule has 101 heavy (non-hydrogen) atoms. The van der Waals surface area contributed by atoms with Gasteiger partial charge in [0.2, 0.25) is 0 Å². The molecule has 5 saturated heterocycles. The minimum absolute atomic E-state index is 0.0300. The maximum absolute atomic E-state index is 9.30. The van der Waals surface area contributed by atoms with E-state index >= 15 is 0 Å². The normalized spacial score (nSPS) is 22.3. The molecule has 0 aromatic heterocycles. The molecule has 5 atom stereocenters. The zero-order valence-corrected chi connectivity index (χ0v) is 73.1. The van der Waals surface area contributed by atoms with Gasteiger partial charge in [-0.05, 0) is 229 Å². The van der Waals surface area contributed by atoms with Crippen LogP contribution in [0.25, 0.3) is 0 Å². The van der Waals surface area contributed by atoms with Gasteiger partial charge in [0.25, 0.3) is 0 Å². The third kappa shape index (κ3) is 66.2. The zero-order valence-electron chi connectivity index (χ0n) is 73.1. The summed E-state index contributed by atoms with van der Waals surface area (Å²) in [6.07, 6.45) is 15.9. The fourth-order valence-electron chi connectivity index (χ4n) is 11.1. The lowest BCUT2D eigenvalue weighted by atomic mass is 9.75. The average Bonchev–Trinajstić information content (AvgIpc) is 1.67. The molecule has 5 aliphatic heterocycles. The Morgan fingerprint density at radius 3 is 1.03 bits per heavy atom. The van der Waals surface area contributed by atoms with Crippen molar-refractivity contribution in [2.24, 2.45) is 129 Å². The van der Waals surface area contributed by atoms with Gasteiger partial charge in [-0.2, -0.15) is 0 Å². The van der Waals surface area contributed by atoms with Crippen molar-refractivity contribution in [1.82, 2.24) is 0 Å². The molecule has 0 radical (unpaired) electrons. The first-order chi connectivity index (χ1) is 46.4. The Balaban J connectivity index is -0.000000330. The molecule has 8 aliphatic rings. The molecule has 14 heteroatoms. The monoisotopic (exact) mass is 1450 g/mol. The largest absolute Gasteiger partial charge is 0.396 e. The van der Waals surface area contributed by atoms with E-state index in [1.54, 1.807) is 0 Å². The second kappa shape index (κ2) is 61.2. The minimum Gasteiger partial charge on any atom is -0.396 e. The number of aliphatic hydroxyl groups excluding tert-OH is 7. The van der Waals surface area contributed by atoms with E-state index in [2.05, 4.69) is 194 Å². The van der Waals surface area contributed by atoms with E-state index in [4.69, 9.17) is 59.4 Å². The van der Waals surface area contributed by atoms with Crippen LogP contribution in [0.2, 0.25) is 0 Å². The lowest BCUT2D eigenvalue weighted by Gasteiger charge is -2.34. The van der Waals surface area contributed by atoms with Gasteiger partial charge in [-0.3, -0.25) is 0 Å². The Morgan fingerprint density at radius 2 is 0.931 bits per heavy atom. The number of aliphatic hydroxyl groups is 9. The summed E-state index contributed by atoms with van der Waals surface area (Å²) in [5.74, 6) is 14.2. The molecule has 5 unspecified atom stereocenters. The van der Waals surface area contributed by atoms with Crippen LogP contribution in [0.4, 0.5) is 0 Å². The molecule has 616 valence electrons. The van der Waals surface area contributed by atoms with Crippen LogP contribution in [0.5, 0.6) is 0 Å². The number of rotatable bonds is 21. The first-order valence-corrected chi connectivity index (χ1v) is 41.3. The van der Waals surface area contributed by atoms with E-state index in [9.17, 15) is 10.2 Å². The van der Waals surface area contributed by atoms with E-state index in [0.717, 1.165) is 176 Å². The maximum atomic E-state index is 9.30. The summed E-state index contributed by atoms with van der Waals surface area (Å²) in [5.41, 5.74) is -0.262. The van der Waals surface area contributed by atoms with Crippen molar-refractivity contribution < 1.29 is 69.6 Å². The number of hydrogen-bond acceptors (Lipinski definition) is 14. The highest BCUT2D eigenvalue weighted by atomic mass is 16.6. The second-order valence-corrected chi connectivity index (χ2v) is 37.7. The predicted octanol–water partition coefficient (Wildman–Crippen LogP) is 19.3. The van der Waals surface area contributed by atoms with E-state index in [-0.39, 0.29) is 29.8 Å². The number of ether oxygens (including phenoxy) is 5. The van der Waals surface area contributed by atoms with Gasteiger partial charge in [-0.25, -0.2) is 0 Å². The van der Waals surface area contributed by atoms with Crippen LogP contribution in [0, 0.1) is 129 Å². The number of hydrogen-bond donors (Lipinski definition) is 9. The molecule has 3 aliphatic carbocycles. The Morgan fingerprint density at radius 1 is 0.475 bits per heavy atom. The lowest BCUT2D eigenvalue weighted by molar-refractivity contribution is -0.0901. The van der Waals surface area contributed by atoms with Gasteiger partial charge in [-0.15, -0.1) is 0 Å². The van der Waals surface area contributed by atoms with E-state index in [1.807, 2.05) is 27.7 Å². The molecule has 3 saturated carbocycles. The van der Waals surface area contributed by atoms with E-state index < -0.39 is 11.9 Å². The van der Waals surface area contributed by atoms with Gasteiger partial charge in [0.05, 0.1) is 56.4 Å². The standard InChI is InChI=1S/C8H16O.C7H14O2.5C7H14O.2C7H16O.C6H12O.2C6H14O.C5H12O/c1-7(2)8-3-5-9-6-4-8;1-5(2)6-3-4-9-7(6)8;1-6(2)3-7-4-8-5-7;1-5(2)6-3-7(8)4-6;1-6(2)7-3-4-8-5-7;1-6(2)7(5-8)3-4-7;1-6(2)5-7(8)3-4-7;1-6(2)7(3,4)5-8;1-6(2)5-7(3,4)8;1-5(2)6-3-7-4-6;1-5(2)6(3)4-7;1-5(2)4-6(3)7;1-5(2)3-4-6/h7-8H,3-6H2,1-2H3;5-8H,3-4H2,1-2H3;6-7H,3-5H2,1-2H3;5-8H,3-4H2,1-2H3;6-7H,3-5H2,1-2H3;2*6,8H,3-5H2,1-2H3;2*6,8H,5H2,1-4H3;5-6H,3-4H2,1-2H3;2*5-7H,4H2,1-3H3;5-6H,3-4H2,1-2H3. The van der Waals surface area contributed by atoms with Crippen LogP contribution < -0.4 is 0 Å². The SMILES string of the molecule is CC(C)C(C)(C)CO.CC(C)C(C)CO.CC(C)C1(CO)CC1.CC(C)C1CC(O)C1.CC(C)C1CCOC1.CC(C)C1CCOC1O.CC(C)C1CCOCC1.CC(C)C1COC1.CC(C)CC(C)(C)O.CC(C)CC(C)O.CC(C)CC1(O)CC1.CC(C)CC1COC1.CC(C)CCO. The minimum atomic E-state index is -0.495. The summed E-state index contributed by atoms with van der Waals surface area (Å²) < 4.78 is 25.5. The Bertz CT molecular complexity index is 1700. The average molecular weight is 1450 g/mol. The molecular weight excluding hydrogens is 1270 g/mol. The summed E-state index contributed by atoms with van der Waals surface area (Å²) >= 11 is 0. The summed E-state index contributed by atoms with van der Waals surface area (Å²) in [5, 5.41) is 79.5. The molecule has 0 bridgehead atoms. The van der Waals surface area contributed by atoms with Crippen molar-refractivity contribution in [3.05, 3.63) is 0 Å². The van der Waals surface area contributed by atoms with Gasteiger partial charge in [0.1, 0.15) is 0 Å². The van der Waals surface area contributed by atoms with Crippen LogP contribution in [-0.4, -0.2) is 162 Å². The smallest absolute Gasteiger partial charge is 0.157 e. The summed E-state index contributed by atoms with van der Waals surface area (Å²) in [7, 11) is 0. The van der Waals surface area contributed by atoms with Crippen molar-refractivity contribution in [2.45, 2.75) is 348 Å². The van der Waals surface area contributed by atoms with Crippen molar-refractivity contribution in [2.75, 3.05) is 85.9 Å². The second-order valence-electron chi connectivity index (χ2n) is 37.7. The maximum Gasteiger partial charge on any atom is 0.157 e. The summed E-state index contributed by atoms with van der Waals surface area (Å²) in [6.45, 7) is 78.3. The molecule has 0 aromatic carbocycles. The lowest BCUT2D eigenvalue weighted by Crippen LogP contribution is -2.31. The van der Waals surface area contributed by atoms with E-state index in [1.165, 1.54) is 38.5 Å². The Kier molecular flexibility index (Phi) is 66.1. The summed E-state index contributed by atoms with van der Waals surface area (Å²) in [6, 6.07) is 0. The van der Waals surface area contributed by atoms with Gasteiger partial charge >= 0.3 is 0 Å². The van der Waals surface area contributed by atoms with E-state index in [0.29, 0.717) is 84.4 Å². The fraction of sp³-hybridized carbons (Fsp3) is 1.00. The van der Waals surface area contributed by atoms with Crippen LogP contribution in [0.15, 0.2) is 0 Å². The highest BCUT2D eigenvalue weighted by molar-refractivity contribution is 4.95. The van der Waals surface area contributed by atoms with Crippen molar-refractivity contribution in [1.29, 1.82) is 0 Å². The van der Waals surface area contributed by atoms with Crippen molar-refractivity contribution in [3.8, 4) is 0 Å². The molecule has 8 fully saturated rings. The van der Waals surface area contributed by atoms with Gasteiger partial charge in [0.15, 0.2) is 6.29 Å².